The standard InChI is InChI=1S/C2HNO2S/c4-2(5)3-1-6/h(H,4,5)/p-1. The lowest BCUT2D eigenvalue weighted by molar-refractivity contribution is -0.245. The van der Waals surface area contributed by atoms with Crippen LogP contribution in [0.3, 0.4) is 0 Å². The molecule has 0 spiro atoms. The fraction of sp³-hybridized carbons (Fsp3) is 0. The van der Waals surface area contributed by atoms with E-state index in [2.05, 4.69) is 17.2 Å². The Kier molecular flexibility index (Phi) is 2.20. The molecule has 0 saturated heterocycles. The monoisotopic (exact) mass is 102 g/mol. The molecule has 4 heteroatoms. The first kappa shape index (κ1) is 5.27. The minimum absolute atomic E-state index is 1.55. The number of aliphatic imine (C=N–C) groups is 1. The molecule has 0 atom stereocenters. The predicted octanol–water partition coefficient (Wildman–Crippen LogP) is -0.568. The molecule has 0 bridgehead atoms. The Morgan fingerprint density at radius 3 is 2.50 bits per heavy atom. The normalized spacial score (nSPS) is 6.00. The highest BCUT2D eigenvalue weighted by Gasteiger charge is 1.61. The van der Waals surface area contributed by atoms with Crippen LogP contribution in [0.2, 0.25) is 0 Å². The second kappa shape index (κ2) is 2.50. The molecule has 1 amide bonds. The van der Waals surface area contributed by atoms with Gasteiger partial charge in [0.1, 0.15) is 0 Å². The smallest absolute Gasteiger partial charge is 0.173 e. The average molecular weight is 102 g/mol. The number of carbonyl (C=O) groups is 1. The van der Waals surface area contributed by atoms with Crippen molar-refractivity contribution in [3.63, 3.8) is 0 Å². The van der Waals surface area contributed by atoms with Gasteiger partial charge in [0.2, 0.25) is 0 Å². The SMILES string of the molecule is O=C([O-])N=C=S. The summed E-state index contributed by atoms with van der Waals surface area (Å²) >= 11 is 3.89. The van der Waals surface area contributed by atoms with Crippen molar-refractivity contribution >= 4 is 23.5 Å². The zero-order valence-electron chi connectivity index (χ0n) is 2.67. The number of hydrogen-bond acceptors (Lipinski definition) is 3. The summed E-state index contributed by atoms with van der Waals surface area (Å²) < 4.78 is 0. The van der Waals surface area contributed by atoms with Gasteiger partial charge in [-0.25, -0.2) is 0 Å². The van der Waals surface area contributed by atoms with Crippen molar-refractivity contribution in [1.29, 1.82) is 0 Å². The van der Waals surface area contributed by atoms with Crippen molar-refractivity contribution in [1.82, 2.24) is 0 Å². The molecule has 0 aliphatic carbocycles. The third kappa shape index (κ3) is 3.27. The number of nitrogens with zero attached hydrogens (tertiary/aromatic N) is 1. The van der Waals surface area contributed by atoms with Crippen LogP contribution in [0.1, 0.15) is 0 Å². The summed E-state index contributed by atoms with van der Waals surface area (Å²) in [5.41, 5.74) is 0. The van der Waals surface area contributed by atoms with Crippen LogP contribution in [0.25, 0.3) is 0 Å². The third-order valence-electron chi connectivity index (χ3n) is 0.137. The quantitative estimate of drug-likeness (QED) is 0.304. The molecular formula is C2NO2S-. The summed E-state index contributed by atoms with van der Waals surface area (Å²) in [5, 5.41) is 10.8. The highest BCUT2D eigenvalue weighted by atomic mass is 32.1. The molecule has 0 N–H and O–H groups in total. The molecule has 3 nitrogen and oxygen atoms in total. The van der Waals surface area contributed by atoms with E-state index in [0.717, 1.165) is 0 Å². The number of rotatable bonds is 0. The van der Waals surface area contributed by atoms with Crippen LogP contribution >= 0.6 is 12.2 Å². The molecular weight excluding hydrogens is 102 g/mol. The largest absolute Gasteiger partial charge is 0.528 e. The zero-order chi connectivity index (χ0) is 4.99. The lowest BCUT2D eigenvalue weighted by atomic mass is 11.2. The van der Waals surface area contributed by atoms with Crippen molar-refractivity contribution < 1.29 is 9.90 Å². The number of carboxylic acid groups (broad SMARTS) is 1. The van der Waals surface area contributed by atoms with Crippen LogP contribution in [0.4, 0.5) is 4.79 Å². The number of isothiocyanates is 1. The maximum atomic E-state index is 9.19. The highest BCUT2D eigenvalue weighted by molar-refractivity contribution is 7.78. The van der Waals surface area contributed by atoms with Gasteiger partial charge in [-0.1, -0.05) is 0 Å². The van der Waals surface area contributed by atoms with Crippen LogP contribution in [-0.2, 0) is 0 Å². The number of thiocarbonyl (C=S) groups is 1. The van der Waals surface area contributed by atoms with Crippen molar-refractivity contribution in [2.75, 3.05) is 0 Å². The summed E-state index contributed by atoms with van der Waals surface area (Å²) in [6.45, 7) is 0. The zero-order valence-corrected chi connectivity index (χ0v) is 3.49. The van der Waals surface area contributed by atoms with E-state index < -0.39 is 6.09 Å². The summed E-state index contributed by atoms with van der Waals surface area (Å²) in [7, 11) is 0. The van der Waals surface area contributed by atoms with Gasteiger partial charge in [0.15, 0.2) is 6.09 Å². The van der Waals surface area contributed by atoms with E-state index in [1.165, 1.54) is 0 Å². The fourth-order valence-electron chi connectivity index (χ4n) is 0.0373. The van der Waals surface area contributed by atoms with Gasteiger partial charge in [0.25, 0.3) is 0 Å². The van der Waals surface area contributed by atoms with Crippen LogP contribution in [0.5, 0.6) is 0 Å². The fourth-order valence-corrected chi connectivity index (χ4v) is 0.112. The van der Waals surface area contributed by atoms with Crippen LogP contribution < -0.4 is 5.11 Å². The summed E-state index contributed by atoms with van der Waals surface area (Å²) in [4.78, 5) is 11.7. The summed E-state index contributed by atoms with van der Waals surface area (Å²) in [6, 6.07) is 0. The lowest BCUT2D eigenvalue weighted by Gasteiger charge is -1.79. The molecule has 0 rings (SSSR count). The van der Waals surface area contributed by atoms with E-state index in [9.17, 15) is 9.90 Å². The maximum Gasteiger partial charge on any atom is 0.173 e. The molecule has 0 heterocycles. The van der Waals surface area contributed by atoms with Gasteiger partial charge in [-0.05, 0) is 12.2 Å². The highest BCUT2D eigenvalue weighted by Crippen LogP contribution is 1.56. The van der Waals surface area contributed by atoms with E-state index in [0.29, 0.717) is 0 Å². The van der Waals surface area contributed by atoms with Crippen molar-refractivity contribution in [3.05, 3.63) is 0 Å². The topological polar surface area (TPSA) is 52.5 Å². The van der Waals surface area contributed by atoms with E-state index in [4.69, 9.17) is 0 Å². The molecule has 6 heavy (non-hydrogen) atoms. The van der Waals surface area contributed by atoms with E-state index >= 15 is 0 Å². The first-order chi connectivity index (χ1) is 2.77. The molecule has 0 radical (unpaired) electrons. The van der Waals surface area contributed by atoms with Crippen molar-refractivity contribution in [2.45, 2.75) is 0 Å². The van der Waals surface area contributed by atoms with E-state index in [1.54, 1.807) is 5.16 Å². The number of amides is 1. The van der Waals surface area contributed by atoms with Gasteiger partial charge in [0.05, 0.1) is 5.16 Å². The Morgan fingerprint density at radius 2 is 2.50 bits per heavy atom. The first-order valence-electron chi connectivity index (χ1n) is 1.06. The molecule has 0 unspecified atom stereocenters. The lowest BCUT2D eigenvalue weighted by Crippen LogP contribution is -2.16. The third-order valence-corrected chi connectivity index (χ3v) is 0.228. The van der Waals surface area contributed by atoms with Crippen molar-refractivity contribution in [2.24, 2.45) is 4.99 Å². The van der Waals surface area contributed by atoms with Gasteiger partial charge < -0.3 is 9.90 Å². The Bertz CT molecular complexity index is 104. The van der Waals surface area contributed by atoms with E-state index in [1.807, 2.05) is 0 Å². The second-order valence-electron chi connectivity index (χ2n) is 0.469. The molecule has 0 saturated carbocycles. The van der Waals surface area contributed by atoms with E-state index in [-0.39, 0.29) is 0 Å². The van der Waals surface area contributed by atoms with Gasteiger partial charge in [-0.3, -0.25) is 0 Å². The van der Waals surface area contributed by atoms with Crippen LogP contribution in [0, 0.1) is 0 Å². The molecule has 0 aromatic carbocycles. The van der Waals surface area contributed by atoms with Crippen LogP contribution in [-0.4, -0.2) is 11.3 Å². The Labute approximate surface area is 39.3 Å². The summed E-state index contributed by atoms with van der Waals surface area (Å²) in [5.74, 6) is 0. The first-order valence-corrected chi connectivity index (χ1v) is 1.47. The van der Waals surface area contributed by atoms with Crippen LogP contribution in [0.15, 0.2) is 4.99 Å². The maximum absolute atomic E-state index is 9.19. The molecule has 0 aromatic rings. The molecule has 0 fully saturated rings. The molecule has 32 valence electrons. The average Bonchev–Trinajstić information content (AvgIpc) is 1.35. The number of hydrogen-bond donors (Lipinski definition) is 0. The Balaban J connectivity index is 3.60. The van der Waals surface area contributed by atoms with Crippen molar-refractivity contribution in [3.8, 4) is 0 Å². The predicted molar refractivity (Wildman–Crippen MR) is 20.4 cm³/mol. The second-order valence-corrected chi connectivity index (χ2v) is 0.652. The Hall–Kier alpha value is -0.730. The molecule has 0 aromatic heterocycles. The summed E-state index contributed by atoms with van der Waals surface area (Å²) in [6.07, 6.45) is -1.55. The van der Waals surface area contributed by atoms with Gasteiger partial charge in [0, 0.05) is 0 Å². The van der Waals surface area contributed by atoms with Gasteiger partial charge in [-0.2, -0.15) is 4.99 Å². The minimum Gasteiger partial charge on any atom is -0.528 e. The number of carbonyl (C=O) groups excluding carboxylic acids is 1. The molecule has 0 aliphatic rings. The molecule has 0 aliphatic heterocycles. The Morgan fingerprint density at radius 1 is 2.00 bits per heavy atom. The minimum atomic E-state index is -1.55. The van der Waals surface area contributed by atoms with Gasteiger partial charge >= 0.3 is 0 Å². The van der Waals surface area contributed by atoms with Gasteiger partial charge in [-0.15, -0.1) is 0 Å².